The molecule has 0 atom stereocenters. The number of benzene rings is 2. The zero-order chi connectivity index (χ0) is 17.6. The Morgan fingerprint density at radius 3 is 2.56 bits per heavy atom. The second kappa shape index (κ2) is 7.97. The predicted molar refractivity (Wildman–Crippen MR) is 97.8 cm³/mol. The first-order chi connectivity index (χ1) is 12.2. The predicted octanol–water partition coefficient (Wildman–Crippen LogP) is 3.92. The van der Waals surface area contributed by atoms with Crippen molar-refractivity contribution in [2.24, 2.45) is 0 Å². The number of carbonyl (C=O) groups excluding carboxylic acids is 2. The summed E-state index contributed by atoms with van der Waals surface area (Å²) < 4.78 is 5.09. The van der Waals surface area contributed by atoms with Gasteiger partial charge in [0.2, 0.25) is 5.91 Å². The number of carbonyl (C=O) groups is 2. The van der Waals surface area contributed by atoms with Crippen molar-refractivity contribution in [2.45, 2.75) is 39.0 Å². The first kappa shape index (κ1) is 17.2. The summed E-state index contributed by atoms with van der Waals surface area (Å²) >= 11 is 0. The maximum absolute atomic E-state index is 12.2. The van der Waals surface area contributed by atoms with Gasteiger partial charge in [-0.2, -0.15) is 0 Å². The van der Waals surface area contributed by atoms with Crippen LogP contribution in [0, 0.1) is 0 Å². The van der Waals surface area contributed by atoms with Gasteiger partial charge in [0.05, 0.1) is 18.6 Å². The smallest absolute Gasteiger partial charge is 0.338 e. The number of ether oxygens (including phenoxy) is 1. The molecule has 0 aliphatic heterocycles. The SMILES string of the molecule is CCCOC(=O)c1ccc(NC(=O)Cc2ccc3c(c2)CCC3)cc1. The average Bonchev–Trinajstić information content (AvgIpc) is 3.08. The van der Waals surface area contributed by atoms with E-state index in [9.17, 15) is 9.59 Å². The Labute approximate surface area is 148 Å². The van der Waals surface area contributed by atoms with E-state index >= 15 is 0 Å². The van der Waals surface area contributed by atoms with Crippen molar-refractivity contribution in [3.63, 3.8) is 0 Å². The maximum atomic E-state index is 12.2. The van der Waals surface area contributed by atoms with Gasteiger partial charge in [0, 0.05) is 5.69 Å². The van der Waals surface area contributed by atoms with Gasteiger partial charge in [0.25, 0.3) is 0 Å². The highest BCUT2D eigenvalue weighted by molar-refractivity contribution is 5.94. The van der Waals surface area contributed by atoms with Crippen LogP contribution in [0.15, 0.2) is 42.5 Å². The lowest BCUT2D eigenvalue weighted by atomic mass is 10.0. The second-order valence-electron chi connectivity index (χ2n) is 6.39. The highest BCUT2D eigenvalue weighted by atomic mass is 16.5. The summed E-state index contributed by atoms with van der Waals surface area (Å²) in [6, 6.07) is 13.1. The monoisotopic (exact) mass is 337 g/mol. The van der Waals surface area contributed by atoms with E-state index in [4.69, 9.17) is 4.74 Å². The van der Waals surface area contributed by atoms with E-state index in [1.807, 2.05) is 13.0 Å². The zero-order valence-electron chi connectivity index (χ0n) is 14.5. The summed E-state index contributed by atoms with van der Waals surface area (Å²) in [4.78, 5) is 24.0. The minimum absolute atomic E-state index is 0.0562. The van der Waals surface area contributed by atoms with Gasteiger partial charge in [-0.3, -0.25) is 4.79 Å². The molecule has 0 radical (unpaired) electrons. The Balaban J connectivity index is 1.56. The van der Waals surface area contributed by atoms with E-state index in [1.54, 1.807) is 24.3 Å². The lowest BCUT2D eigenvalue weighted by molar-refractivity contribution is -0.115. The van der Waals surface area contributed by atoms with Gasteiger partial charge in [0.1, 0.15) is 0 Å². The van der Waals surface area contributed by atoms with Crippen LogP contribution in [-0.2, 0) is 28.8 Å². The summed E-state index contributed by atoms with van der Waals surface area (Å²) in [6.07, 6.45) is 4.61. The fourth-order valence-electron chi connectivity index (χ4n) is 3.09. The standard InChI is InChI=1S/C21H23NO3/c1-2-12-25-21(24)17-8-10-19(11-9-17)22-20(23)14-15-6-7-16-4-3-5-18(16)13-15/h6-11,13H,2-5,12,14H2,1H3,(H,22,23). The molecular weight excluding hydrogens is 314 g/mol. The molecule has 0 spiro atoms. The van der Waals surface area contributed by atoms with Crippen molar-refractivity contribution in [1.29, 1.82) is 0 Å². The number of nitrogens with one attached hydrogen (secondary N) is 1. The third-order valence-corrected chi connectivity index (χ3v) is 4.37. The largest absolute Gasteiger partial charge is 0.462 e. The lowest BCUT2D eigenvalue weighted by Crippen LogP contribution is -2.14. The van der Waals surface area contributed by atoms with E-state index in [0.29, 0.717) is 24.3 Å². The second-order valence-corrected chi connectivity index (χ2v) is 6.39. The summed E-state index contributed by atoms with van der Waals surface area (Å²) in [7, 11) is 0. The number of anilines is 1. The van der Waals surface area contributed by atoms with Crippen LogP contribution in [0.2, 0.25) is 0 Å². The Bertz CT molecular complexity index is 765. The Hall–Kier alpha value is -2.62. The molecule has 0 fully saturated rings. The molecule has 1 aliphatic carbocycles. The maximum Gasteiger partial charge on any atom is 0.338 e. The van der Waals surface area contributed by atoms with Crippen LogP contribution in [-0.4, -0.2) is 18.5 Å². The minimum Gasteiger partial charge on any atom is -0.462 e. The van der Waals surface area contributed by atoms with Gasteiger partial charge in [-0.25, -0.2) is 4.79 Å². The van der Waals surface area contributed by atoms with E-state index in [0.717, 1.165) is 24.8 Å². The van der Waals surface area contributed by atoms with E-state index in [1.165, 1.54) is 17.5 Å². The van der Waals surface area contributed by atoms with Crippen LogP contribution >= 0.6 is 0 Å². The van der Waals surface area contributed by atoms with Gasteiger partial charge < -0.3 is 10.1 Å². The average molecular weight is 337 g/mol. The van der Waals surface area contributed by atoms with Crippen LogP contribution in [0.4, 0.5) is 5.69 Å². The summed E-state index contributed by atoms with van der Waals surface area (Å²) in [5.41, 5.74) is 5.00. The topological polar surface area (TPSA) is 55.4 Å². The van der Waals surface area contributed by atoms with E-state index in [2.05, 4.69) is 17.4 Å². The van der Waals surface area contributed by atoms with Crippen LogP contribution in [0.3, 0.4) is 0 Å². The van der Waals surface area contributed by atoms with Crippen LogP contribution < -0.4 is 5.32 Å². The van der Waals surface area contributed by atoms with Gasteiger partial charge in [0.15, 0.2) is 0 Å². The third kappa shape index (κ3) is 4.47. The molecule has 1 aliphatic rings. The van der Waals surface area contributed by atoms with Crippen LogP contribution in [0.1, 0.15) is 46.8 Å². The van der Waals surface area contributed by atoms with Crippen molar-refractivity contribution in [3.05, 3.63) is 64.7 Å². The molecule has 4 nitrogen and oxygen atoms in total. The molecule has 4 heteroatoms. The molecule has 130 valence electrons. The molecule has 3 rings (SSSR count). The van der Waals surface area contributed by atoms with E-state index in [-0.39, 0.29) is 11.9 Å². The summed E-state index contributed by atoms with van der Waals surface area (Å²) in [5, 5.41) is 2.88. The molecule has 0 heterocycles. The number of hydrogen-bond acceptors (Lipinski definition) is 3. The lowest BCUT2D eigenvalue weighted by Gasteiger charge is -2.08. The van der Waals surface area contributed by atoms with Gasteiger partial charge >= 0.3 is 5.97 Å². The van der Waals surface area contributed by atoms with Gasteiger partial charge in [-0.15, -0.1) is 0 Å². The molecule has 2 aromatic rings. The van der Waals surface area contributed by atoms with Crippen molar-refractivity contribution in [1.82, 2.24) is 0 Å². The third-order valence-electron chi connectivity index (χ3n) is 4.37. The van der Waals surface area contributed by atoms with E-state index < -0.39 is 0 Å². The molecule has 0 saturated heterocycles. The molecule has 1 amide bonds. The summed E-state index contributed by atoms with van der Waals surface area (Å²) in [6.45, 7) is 2.37. The summed E-state index contributed by atoms with van der Waals surface area (Å²) in [5.74, 6) is -0.392. The Morgan fingerprint density at radius 1 is 1.04 bits per heavy atom. The van der Waals surface area contributed by atoms with Crippen molar-refractivity contribution >= 4 is 17.6 Å². The molecule has 25 heavy (non-hydrogen) atoms. The normalized spacial score (nSPS) is 12.5. The first-order valence-corrected chi connectivity index (χ1v) is 8.83. The Kier molecular flexibility index (Phi) is 5.49. The number of esters is 1. The van der Waals surface area contributed by atoms with Gasteiger partial charge in [-0.1, -0.05) is 25.1 Å². The fourth-order valence-corrected chi connectivity index (χ4v) is 3.09. The molecular formula is C21H23NO3. The fraction of sp³-hybridized carbons (Fsp3) is 0.333. The minimum atomic E-state index is -0.335. The molecule has 0 saturated carbocycles. The van der Waals surface area contributed by atoms with Gasteiger partial charge in [-0.05, 0) is 66.6 Å². The quantitative estimate of drug-likeness (QED) is 0.813. The van der Waals surface area contributed by atoms with Crippen molar-refractivity contribution in [2.75, 3.05) is 11.9 Å². The number of aryl methyl sites for hydroxylation is 2. The highest BCUT2D eigenvalue weighted by Gasteiger charge is 2.12. The highest BCUT2D eigenvalue weighted by Crippen LogP contribution is 2.23. The van der Waals surface area contributed by atoms with Crippen LogP contribution in [0.25, 0.3) is 0 Å². The molecule has 1 N–H and O–H groups in total. The molecule has 0 unspecified atom stereocenters. The molecule has 0 bridgehead atoms. The number of fused-ring (bicyclic) bond motifs is 1. The van der Waals surface area contributed by atoms with Crippen molar-refractivity contribution in [3.8, 4) is 0 Å². The first-order valence-electron chi connectivity index (χ1n) is 8.83. The van der Waals surface area contributed by atoms with Crippen molar-refractivity contribution < 1.29 is 14.3 Å². The Morgan fingerprint density at radius 2 is 1.80 bits per heavy atom. The zero-order valence-corrected chi connectivity index (χ0v) is 14.5. The number of hydrogen-bond donors (Lipinski definition) is 1. The molecule has 2 aromatic carbocycles. The van der Waals surface area contributed by atoms with Crippen LogP contribution in [0.5, 0.6) is 0 Å². The number of rotatable bonds is 6. The molecule has 0 aromatic heterocycles. The number of amides is 1.